The Kier molecular flexibility index (Phi) is 5.97. The van der Waals surface area contributed by atoms with Crippen molar-refractivity contribution in [3.05, 3.63) is 24.4 Å². The zero-order chi connectivity index (χ0) is 16.8. The summed E-state index contributed by atoms with van der Waals surface area (Å²) in [6, 6.07) is 4.95. The molecule has 0 bridgehead atoms. The van der Waals surface area contributed by atoms with Crippen LogP contribution in [0.2, 0.25) is 0 Å². The molecule has 23 heavy (non-hydrogen) atoms. The molecule has 2 aromatic rings. The molecule has 2 heterocycles. The lowest BCUT2D eigenvalue weighted by molar-refractivity contribution is -0.146. The van der Waals surface area contributed by atoms with Crippen LogP contribution in [0.25, 0.3) is 5.65 Å². The van der Waals surface area contributed by atoms with Crippen LogP contribution in [0.5, 0.6) is 0 Å². The van der Waals surface area contributed by atoms with E-state index in [1.165, 1.54) is 18.9 Å². The van der Waals surface area contributed by atoms with E-state index in [-0.39, 0.29) is 17.6 Å². The largest absolute Gasteiger partial charge is 0.467 e. The Labute approximate surface area is 138 Å². The molecule has 124 valence electrons. The molecule has 0 radical (unpaired) electrons. The van der Waals surface area contributed by atoms with Gasteiger partial charge in [0, 0.05) is 6.20 Å². The van der Waals surface area contributed by atoms with Gasteiger partial charge in [-0.1, -0.05) is 38.1 Å². The number of ether oxygens (including phenoxy) is 1. The minimum Gasteiger partial charge on any atom is -0.467 e. The molecule has 2 atom stereocenters. The number of hydrogen-bond acceptors (Lipinski definition) is 6. The Balaban J connectivity index is 1.97. The van der Waals surface area contributed by atoms with Crippen molar-refractivity contribution in [3.63, 3.8) is 0 Å². The van der Waals surface area contributed by atoms with Gasteiger partial charge in [0.2, 0.25) is 5.91 Å². The summed E-state index contributed by atoms with van der Waals surface area (Å²) in [6.07, 6.45) is 2.61. The van der Waals surface area contributed by atoms with Crippen molar-refractivity contribution in [2.24, 2.45) is 5.92 Å². The molecule has 0 aliphatic carbocycles. The first-order valence-corrected chi connectivity index (χ1v) is 8.35. The number of esters is 1. The average molecular weight is 336 g/mol. The van der Waals surface area contributed by atoms with Gasteiger partial charge >= 0.3 is 5.97 Å². The van der Waals surface area contributed by atoms with E-state index in [0.29, 0.717) is 5.16 Å². The molecule has 8 heteroatoms. The summed E-state index contributed by atoms with van der Waals surface area (Å²) in [6.45, 7) is 3.87. The van der Waals surface area contributed by atoms with E-state index in [1.54, 1.807) is 0 Å². The molecule has 0 fully saturated rings. The van der Waals surface area contributed by atoms with Crippen LogP contribution in [-0.4, -0.2) is 45.4 Å². The maximum atomic E-state index is 12.1. The number of carbonyl (C=O) groups excluding carboxylic acids is 2. The highest BCUT2D eigenvalue weighted by atomic mass is 32.2. The molecule has 0 saturated carbocycles. The third-order valence-corrected chi connectivity index (χ3v) is 4.54. The summed E-state index contributed by atoms with van der Waals surface area (Å²) >= 11 is 1.27. The third kappa shape index (κ3) is 4.22. The second-order valence-corrected chi connectivity index (χ2v) is 6.10. The van der Waals surface area contributed by atoms with Crippen LogP contribution in [0.1, 0.15) is 20.3 Å². The Bertz CT molecular complexity index is 688. The first-order chi connectivity index (χ1) is 11.1. The minimum absolute atomic E-state index is 0.00493. The number of nitrogens with one attached hydrogen (secondary N) is 1. The lowest BCUT2D eigenvalue weighted by Crippen LogP contribution is -2.46. The molecule has 2 aromatic heterocycles. The van der Waals surface area contributed by atoms with Crippen LogP contribution in [0.15, 0.2) is 29.6 Å². The quantitative estimate of drug-likeness (QED) is 0.609. The number of aromatic nitrogens is 3. The predicted molar refractivity (Wildman–Crippen MR) is 87.1 cm³/mol. The maximum Gasteiger partial charge on any atom is 0.328 e. The molecular weight excluding hydrogens is 316 g/mol. The Morgan fingerprint density at radius 1 is 1.39 bits per heavy atom. The van der Waals surface area contributed by atoms with Gasteiger partial charge in [0.25, 0.3) is 0 Å². The summed E-state index contributed by atoms with van der Waals surface area (Å²) in [5.74, 6) is -0.506. The summed E-state index contributed by atoms with van der Waals surface area (Å²) < 4.78 is 6.57. The number of carbonyl (C=O) groups is 2. The highest BCUT2D eigenvalue weighted by molar-refractivity contribution is 7.99. The van der Waals surface area contributed by atoms with Gasteiger partial charge in [-0.05, 0) is 18.1 Å². The van der Waals surface area contributed by atoms with Crippen LogP contribution in [-0.2, 0) is 14.3 Å². The fourth-order valence-electron chi connectivity index (χ4n) is 2.06. The van der Waals surface area contributed by atoms with Crippen LogP contribution in [0.3, 0.4) is 0 Å². The van der Waals surface area contributed by atoms with E-state index in [2.05, 4.69) is 15.5 Å². The van der Waals surface area contributed by atoms with E-state index < -0.39 is 12.0 Å². The minimum atomic E-state index is -0.631. The number of methoxy groups -OCH3 is 1. The molecular formula is C15H20N4O3S. The Morgan fingerprint density at radius 3 is 2.87 bits per heavy atom. The number of nitrogens with zero attached hydrogens (tertiary/aromatic N) is 3. The van der Waals surface area contributed by atoms with Gasteiger partial charge < -0.3 is 10.1 Å². The zero-order valence-electron chi connectivity index (χ0n) is 13.4. The molecule has 2 unspecified atom stereocenters. The number of rotatable bonds is 7. The second-order valence-electron chi connectivity index (χ2n) is 5.15. The van der Waals surface area contributed by atoms with Crippen LogP contribution >= 0.6 is 11.8 Å². The van der Waals surface area contributed by atoms with Crippen molar-refractivity contribution in [1.82, 2.24) is 19.9 Å². The van der Waals surface area contributed by atoms with Crippen LogP contribution in [0, 0.1) is 5.92 Å². The van der Waals surface area contributed by atoms with Gasteiger partial charge in [-0.2, -0.15) is 0 Å². The van der Waals surface area contributed by atoms with E-state index in [0.717, 1.165) is 12.1 Å². The van der Waals surface area contributed by atoms with Crippen molar-refractivity contribution in [1.29, 1.82) is 0 Å². The smallest absolute Gasteiger partial charge is 0.328 e. The number of pyridine rings is 1. The van der Waals surface area contributed by atoms with Gasteiger partial charge in [-0.15, -0.1) is 10.2 Å². The van der Waals surface area contributed by atoms with Gasteiger partial charge in [0.1, 0.15) is 6.04 Å². The van der Waals surface area contributed by atoms with Crippen LogP contribution in [0.4, 0.5) is 0 Å². The van der Waals surface area contributed by atoms with Crippen molar-refractivity contribution in [2.75, 3.05) is 12.9 Å². The summed E-state index contributed by atoms with van der Waals surface area (Å²) in [5, 5.41) is 11.5. The monoisotopic (exact) mass is 336 g/mol. The van der Waals surface area contributed by atoms with Crippen molar-refractivity contribution in [3.8, 4) is 0 Å². The standard InChI is InChI=1S/C15H20N4O3S/c1-4-10(2)13(14(21)22-3)16-12(20)9-23-15-18-17-11-7-5-6-8-19(11)15/h5-8,10,13H,4,9H2,1-3H3,(H,16,20). The molecule has 7 nitrogen and oxygen atoms in total. The first kappa shape index (κ1) is 17.3. The first-order valence-electron chi connectivity index (χ1n) is 7.36. The number of fused-ring (bicyclic) bond motifs is 1. The van der Waals surface area contributed by atoms with Gasteiger partial charge in [0.15, 0.2) is 10.8 Å². The molecule has 0 saturated heterocycles. The fourth-order valence-corrected chi connectivity index (χ4v) is 2.79. The number of amides is 1. The second kappa shape index (κ2) is 7.96. The van der Waals surface area contributed by atoms with Gasteiger partial charge in [-0.3, -0.25) is 9.20 Å². The fraction of sp³-hybridized carbons (Fsp3) is 0.467. The molecule has 0 aliphatic rings. The van der Waals surface area contributed by atoms with Crippen molar-refractivity contribution in [2.45, 2.75) is 31.5 Å². The highest BCUT2D eigenvalue weighted by Gasteiger charge is 2.26. The van der Waals surface area contributed by atoms with E-state index in [1.807, 2.05) is 42.6 Å². The topological polar surface area (TPSA) is 85.6 Å². The van der Waals surface area contributed by atoms with Gasteiger partial charge in [-0.25, -0.2) is 4.79 Å². The normalized spacial score (nSPS) is 13.5. The average Bonchev–Trinajstić information content (AvgIpc) is 2.99. The molecule has 1 N–H and O–H groups in total. The highest BCUT2D eigenvalue weighted by Crippen LogP contribution is 2.17. The summed E-state index contributed by atoms with van der Waals surface area (Å²) in [7, 11) is 1.32. The molecule has 1 amide bonds. The van der Waals surface area contributed by atoms with Gasteiger partial charge in [0.05, 0.1) is 12.9 Å². The van der Waals surface area contributed by atoms with E-state index in [4.69, 9.17) is 4.74 Å². The van der Waals surface area contributed by atoms with E-state index >= 15 is 0 Å². The predicted octanol–water partition coefficient (Wildman–Crippen LogP) is 1.53. The van der Waals surface area contributed by atoms with Crippen LogP contribution < -0.4 is 5.32 Å². The summed E-state index contributed by atoms with van der Waals surface area (Å²) in [5.41, 5.74) is 0.724. The number of thioether (sulfide) groups is 1. The zero-order valence-corrected chi connectivity index (χ0v) is 14.2. The number of hydrogen-bond donors (Lipinski definition) is 1. The molecule has 0 aromatic carbocycles. The summed E-state index contributed by atoms with van der Waals surface area (Å²) in [4.78, 5) is 23.9. The Morgan fingerprint density at radius 2 is 2.17 bits per heavy atom. The van der Waals surface area contributed by atoms with Crippen molar-refractivity contribution < 1.29 is 14.3 Å². The third-order valence-electron chi connectivity index (χ3n) is 3.60. The molecule has 2 rings (SSSR count). The maximum absolute atomic E-state index is 12.1. The lowest BCUT2D eigenvalue weighted by atomic mass is 9.99. The SMILES string of the molecule is CCC(C)C(NC(=O)CSc1nnc2ccccn12)C(=O)OC. The molecule has 0 aliphatic heterocycles. The molecule has 0 spiro atoms. The van der Waals surface area contributed by atoms with Crippen molar-refractivity contribution >= 4 is 29.3 Å². The lowest BCUT2D eigenvalue weighted by Gasteiger charge is -2.21. The Hall–Kier alpha value is -2.09. The van der Waals surface area contributed by atoms with E-state index in [9.17, 15) is 9.59 Å².